The number of aromatic nitrogens is 3. The molecule has 1 rings (SSSR count). The molecular weight excluding hydrogens is 248 g/mol. The highest BCUT2D eigenvalue weighted by Crippen LogP contribution is 2.16. The van der Waals surface area contributed by atoms with Gasteiger partial charge in [0, 0.05) is 6.04 Å². The van der Waals surface area contributed by atoms with E-state index in [1.54, 1.807) is 0 Å². The maximum Gasteiger partial charge on any atom is 0.323 e. The van der Waals surface area contributed by atoms with Crippen LogP contribution in [0.2, 0.25) is 5.28 Å². The minimum Gasteiger partial charge on any atom is -0.480 e. The Bertz CT molecular complexity index is 413. The smallest absolute Gasteiger partial charge is 0.323 e. The van der Waals surface area contributed by atoms with Gasteiger partial charge >= 0.3 is 12.0 Å². The first-order valence-corrected chi connectivity index (χ1v) is 5.25. The molecule has 0 atom stereocenters. The molecule has 0 aliphatic carbocycles. The lowest BCUT2D eigenvalue weighted by molar-refractivity contribution is -0.135. The summed E-state index contributed by atoms with van der Waals surface area (Å²) in [7, 11) is 1.40. The average Bonchev–Trinajstić information content (AvgIpc) is 2.24. The van der Waals surface area contributed by atoms with Crippen LogP contribution in [0.5, 0.6) is 6.01 Å². The van der Waals surface area contributed by atoms with Crippen LogP contribution in [0.3, 0.4) is 0 Å². The normalized spacial score (nSPS) is 10.4. The zero-order valence-electron chi connectivity index (χ0n) is 9.71. The molecule has 0 bridgehead atoms. The lowest BCUT2D eigenvalue weighted by Gasteiger charge is -2.24. The molecule has 0 saturated heterocycles. The minimum atomic E-state index is -0.978. The number of nitrogens with zero attached hydrogens (tertiary/aromatic N) is 4. The fraction of sp³-hybridized carbons (Fsp3) is 0.556. The highest BCUT2D eigenvalue weighted by Gasteiger charge is 2.18. The van der Waals surface area contributed by atoms with Gasteiger partial charge in [0.2, 0.25) is 11.2 Å². The van der Waals surface area contributed by atoms with Crippen LogP contribution in [0.4, 0.5) is 5.95 Å². The van der Waals surface area contributed by atoms with E-state index in [0.29, 0.717) is 0 Å². The summed E-state index contributed by atoms with van der Waals surface area (Å²) in [6.07, 6.45) is 0. The Labute approximate surface area is 103 Å². The number of hydrogen-bond acceptors (Lipinski definition) is 6. The van der Waals surface area contributed by atoms with E-state index in [4.69, 9.17) is 21.4 Å². The number of hydrogen-bond donors (Lipinski definition) is 1. The van der Waals surface area contributed by atoms with Crippen molar-refractivity contribution in [3.05, 3.63) is 5.28 Å². The number of rotatable bonds is 5. The largest absolute Gasteiger partial charge is 0.480 e. The second-order valence-corrected chi connectivity index (χ2v) is 3.84. The second-order valence-electron chi connectivity index (χ2n) is 3.51. The molecule has 7 nitrogen and oxygen atoms in total. The Hall–Kier alpha value is -1.63. The zero-order chi connectivity index (χ0) is 13.0. The van der Waals surface area contributed by atoms with Crippen molar-refractivity contribution in [2.75, 3.05) is 18.6 Å². The first-order valence-electron chi connectivity index (χ1n) is 4.88. The summed E-state index contributed by atoms with van der Waals surface area (Å²) in [5, 5.41) is 8.77. The van der Waals surface area contributed by atoms with E-state index in [1.165, 1.54) is 12.0 Å². The maximum atomic E-state index is 10.7. The Morgan fingerprint density at radius 1 is 1.47 bits per heavy atom. The Morgan fingerprint density at radius 3 is 2.59 bits per heavy atom. The number of ether oxygens (including phenoxy) is 1. The van der Waals surface area contributed by atoms with Crippen LogP contribution < -0.4 is 9.64 Å². The monoisotopic (exact) mass is 260 g/mol. The van der Waals surface area contributed by atoms with Gasteiger partial charge in [0.25, 0.3) is 0 Å². The molecule has 94 valence electrons. The van der Waals surface area contributed by atoms with E-state index in [0.717, 1.165) is 0 Å². The summed E-state index contributed by atoms with van der Waals surface area (Å²) in [6, 6.07) is -0.0367. The molecule has 17 heavy (non-hydrogen) atoms. The molecule has 1 heterocycles. The molecule has 0 aliphatic heterocycles. The summed E-state index contributed by atoms with van der Waals surface area (Å²) < 4.78 is 4.85. The van der Waals surface area contributed by atoms with Gasteiger partial charge < -0.3 is 14.7 Å². The van der Waals surface area contributed by atoms with Gasteiger partial charge in [0.05, 0.1) is 7.11 Å². The third kappa shape index (κ3) is 3.70. The molecule has 0 saturated carbocycles. The van der Waals surface area contributed by atoms with E-state index in [2.05, 4.69) is 15.0 Å². The molecule has 8 heteroatoms. The van der Waals surface area contributed by atoms with Crippen molar-refractivity contribution in [2.45, 2.75) is 19.9 Å². The fourth-order valence-electron chi connectivity index (χ4n) is 1.17. The van der Waals surface area contributed by atoms with Gasteiger partial charge in [-0.1, -0.05) is 0 Å². The number of anilines is 1. The van der Waals surface area contributed by atoms with Crippen molar-refractivity contribution >= 4 is 23.5 Å². The van der Waals surface area contributed by atoms with Crippen LogP contribution in [0.15, 0.2) is 0 Å². The lowest BCUT2D eigenvalue weighted by Crippen LogP contribution is -2.37. The van der Waals surface area contributed by atoms with Crippen LogP contribution in [0, 0.1) is 0 Å². The van der Waals surface area contributed by atoms with Crippen LogP contribution in [-0.2, 0) is 4.79 Å². The van der Waals surface area contributed by atoms with E-state index in [-0.39, 0.29) is 29.8 Å². The third-order valence-corrected chi connectivity index (χ3v) is 2.11. The predicted molar refractivity (Wildman–Crippen MR) is 61.5 cm³/mol. The Morgan fingerprint density at radius 2 is 2.12 bits per heavy atom. The van der Waals surface area contributed by atoms with E-state index >= 15 is 0 Å². The number of halogens is 1. The topological polar surface area (TPSA) is 88.4 Å². The SMILES string of the molecule is COc1nc(Cl)nc(N(CC(=O)O)C(C)C)n1. The molecule has 1 N–H and O–H groups in total. The van der Waals surface area contributed by atoms with Gasteiger partial charge in [-0.25, -0.2) is 0 Å². The summed E-state index contributed by atoms with van der Waals surface area (Å²) >= 11 is 5.70. The molecule has 0 spiro atoms. The first-order chi connectivity index (χ1) is 7.93. The van der Waals surface area contributed by atoms with Gasteiger partial charge in [-0.15, -0.1) is 0 Å². The molecule has 0 amide bonds. The van der Waals surface area contributed by atoms with Crippen molar-refractivity contribution in [2.24, 2.45) is 0 Å². The lowest BCUT2D eigenvalue weighted by atomic mass is 10.3. The van der Waals surface area contributed by atoms with E-state index in [9.17, 15) is 4.79 Å². The molecule has 1 aromatic rings. The molecule has 0 fully saturated rings. The summed E-state index contributed by atoms with van der Waals surface area (Å²) in [6.45, 7) is 3.43. The maximum absolute atomic E-state index is 10.7. The van der Waals surface area contributed by atoms with E-state index in [1.807, 2.05) is 13.8 Å². The van der Waals surface area contributed by atoms with Gasteiger partial charge in [0.15, 0.2) is 0 Å². The highest BCUT2D eigenvalue weighted by molar-refractivity contribution is 6.28. The van der Waals surface area contributed by atoms with Gasteiger partial charge in [-0.05, 0) is 25.4 Å². The van der Waals surface area contributed by atoms with Crippen molar-refractivity contribution in [3.8, 4) is 6.01 Å². The number of methoxy groups -OCH3 is 1. The third-order valence-electron chi connectivity index (χ3n) is 1.94. The van der Waals surface area contributed by atoms with Gasteiger partial charge in [0.1, 0.15) is 6.54 Å². The number of carboxylic acids is 1. The van der Waals surface area contributed by atoms with Crippen molar-refractivity contribution in [1.82, 2.24) is 15.0 Å². The van der Waals surface area contributed by atoms with Crippen LogP contribution in [-0.4, -0.2) is 45.7 Å². The number of carbonyl (C=O) groups is 1. The second kappa shape index (κ2) is 5.62. The van der Waals surface area contributed by atoms with Gasteiger partial charge in [-0.2, -0.15) is 15.0 Å². The summed E-state index contributed by atoms with van der Waals surface area (Å²) in [4.78, 5) is 23.8. The highest BCUT2D eigenvalue weighted by atomic mass is 35.5. The Kier molecular flexibility index (Phi) is 4.45. The molecule has 0 aromatic carbocycles. The summed E-state index contributed by atoms with van der Waals surface area (Å²) in [5.41, 5.74) is 0. The predicted octanol–water partition coefficient (Wildman–Crippen LogP) is 0.833. The quantitative estimate of drug-likeness (QED) is 0.839. The van der Waals surface area contributed by atoms with Gasteiger partial charge in [-0.3, -0.25) is 4.79 Å². The molecule has 0 radical (unpaired) electrons. The average molecular weight is 261 g/mol. The van der Waals surface area contributed by atoms with Crippen LogP contribution in [0.1, 0.15) is 13.8 Å². The zero-order valence-corrected chi connectivity index (χ0v) is 10.5. The van der Waals surface area contributed by atoms with Crippen LogP contribution in [0.25, 0.3) is 0 Å². The van der Waals surface area contributed by atoms with Crippen LogP contribution >= 0.6 is 11.6 Å². The molecule has 0 aliphatic rings. The summed E-state index contributed by atoms with van der Waals surface area (Å²) in [5.74, 6) is -0.798. The van der Waals surface area contributed by atoms with Crippen molar-refractivity contribution in [1.29, 1.82) is 0 Å². The number of aliphatic carboxylic acids is 1. The van der Waals surface area contributed by atoms with E-state index < -0.39 is 5.97 Å². The first kappa shape index (κ1) is 13.4. The fourth-order valence-corrected chi connectivity index (χ4v) is 1.32. The molecule has 0 unspecified atom stereocenters. The standard InChI is InChI=1S/C9H13ClN4O3/c1-5(2)14(4-6(15)16)8-11-7(10)12-9(13-8)17-3/h5H,4H2,1-3H3,(H,15,16). The minimum absolute atomic E-state index is 0.0390. The van der Waals surface area contributed by atoms with Crippen molar-refractivity contribution < 1.29 is 14.6 Å². The Balaban J connectivity index is 3.08. The molecular formula is C9H13ClN4O3. The van der Waals surface area contributed by atoms with Crippen molar-refractivity contribution in [3.63, 3.8) is 0 Å². The number of carboxylic acid groups (broad SMARTS) is 1. The molecule has 1 aromatic heterocycles.